The molecule has 46 heavy (non-hydrogen) atoms. The third kappa shape index (κ3) is 8.77. The van der Waals surface area contributed by atoms with Crippen LogP contribution in [0.5, 0.6) is 0 Å². The van der Waals surface area contributed by atoms with E-state index in [0.29, 0.717) is 10.9 Å². The zero-order valence-electron chi connectivity index (χ0n) is 25.7. The topological polar surface area (TPSA) is 168 Å². The van der Waals surface area contributed by atoms with Crippen LogP contribution in [0, 0.1) is 5.92 Å². The number of amides is 3. The van der Waals surface area contributed by atoms with Gasteiger partial charge in [-0.25, -0.2) is 9.59 Å². The van der Waals surface area contributed by atoms with Crippen LogP contribution in [-0.4, -0.2) is 78.7 Å². The molecule has 3 amide bonds. The number of halogens is 1. The number of hydrogen-bond donors (Lipinski definition) is 3. The monoisotopic (exact) mass is 723 g/mol. The minimum Gasteiger partial charge on any atom is -0.479 e. The first-order valence-corrected chi connectivity index (χ1v) is 17.9. The van der Waals surface area contributed by atoms with E-state index >= 15 is 0 Å². The Labute approximate surface area is 278 Å². The molecular formula is C32H42BrN3O9S. The number of alkyl carbamates (subject to hydrolysis) is 1. The number of likely N-dealkylation sites (tertiary alicyclic amines) is 1. The van der Waals surface area contributed by atoms with Crippen molar-refractivity contribution >= 4 is 49.9 Å². The maximum atomic E-state index is 14.1. The van der Waals surface area contributed by atoms with Crippen molar-refractivity contribution in [3.8, 4) is 0 Å². The summed E-state index contributed by atoms with van der Waals surface area (Å²) in [5.74, 6) is -3.11. The maximum absolute atomic E-state index is 14.1. The summed E-state index contributed by atoms with van der Waals surface area (Å²) in [4.78, 5) is 53.8. The average molecular weight is 725 g/mol. The third-order valence-electron chi connectivity index (χ3n) is 8.81. The zero-order chi connectivity index (χ0) is 33.5. The summed E-state index contributed by atoms with van der Waals surface area (Å²) in [5.41, 5.74) is -1.57. The minimum atomic E-state index is -4.28. The Bertz CT molecular complexity index is 1410. The Hall–Kier alpha value is -3.23. The molecule has 14 heteroatoms. The number of carboxylic acid groups (broad SMARTS) is 1. The smallest absolute Gasteiger partial charge is 0.408 e. The number of nitrogens with one attached hydrogen (secondary N) is 2. The number of unbranched alkanes of at least 4 members (excludes halogenated alkanes) is 3. The van der Waals surface area contributed by atoms with Gasteiger partial charge in [0.25, 0.3) is 10.1 Å². The summed E-state index contributed by atoms with van der Waals surface area (Å²) < 4.78 is 38.0. The fourth-order valence-corrected chi connectivity index (χ4v) is 7.46. The van der Waals surface area contributed by atoms with Gasteiger partial charge in [0.05, 0.1) is 11.0 Å². The normalized spacial score (nSPS) is 25.0. The number of aliphatic carboxylic acids is 1. The molecule has 2 aliphatic carbocycles. The Morgan fingerprint density at radius 1 is 1.09 bits per heavy atom. The molecule has 12 nitrogen and oxygen atoms in total. The van der Waals surface area contributed by atoms with E-state index in [9.17, 15) is 32.7 Å². The maximum Gasteiger partial charge on any atom is 0.408 e. The molecule has 3 fully saturated rings. The Morgan fingerprint density at radius 2 is 1.78 bits per heavy atom. The van der Waals surface area contributed by atoms with Gasteiger partial charge in [-0.05, 0) is 75.6 Å². The van der Waals surface area contributed by atoms with Crippen LogP contribution in [-0.2, 0) is 33.4 Å². The van der Waals surface area contributed by atoms with Crippen molar-refractivity contribution in [1.82, 2.24) is 15.5 Å². The number of rotatable bonds is 16. The van der Waals surface area contributed by atoms with Crippen molar-refractivity contribution < 1.29 is 41.6 Å². The SMILES string of the molecule is C=CCCCCC[C@H](NC(=O)OC1CCCC1)C(=O)N1C[C@@H](OS(=O)(=O)c2ccc(Br)cc2)C[C@H]1C(=O)N[C@]1(C(=O)O)C[C@H]1C=C. The molecule has 1 heterocycles. The van der Waals surface area contributed by atoms with Crippen LogP contribution in [0.15, 0.2) is 58.9 Å². The molecule has 3 aliphatic rings. The molecule has 0 unspecified atom stereocenters. The number of allylic oxidation sites excluding steroid dienone is 1. The fourth-order valence-electron chi connectivity index (χ4n) is 6.12. The van der Waals surface area contributed by atoms with E-state index in [0.717, 1.165) is 44.9 Å². The number of benzene rings is 1. The molecule has 0 radical (unpaired) electrons. The van der Waals surface area contributed by atoms with Crippen molar-refractivity contribution in [3.05, 3.63) is 54.0 Å². The molecule has 1 aromatic carbocycles. The lowest BCUT2D eigenvalue weighted by Crippen LogP contribution is -2.56. The Morgan fingerprint density at radius 3 is 2.39 bits per heavy atom. The van der Waals surface area contributed by atoms with E-state index in [1.807, 2.05) is 0 Å². The van der Waals surface area contributed by atoms with Crippen LogP contribution in [0.2, 0.25) is 0 Å². The summed E-state index contributed by atoms with van der Waals surface area (Å²) in [6.07, 6.45) is 7.72. The molecule has 3 N–H and O–H groups in total. The molecule has 1 aromatic rings. The van der Waals surface area contributed by atoms with Gasteiger partial charge in [-0.3, -0.25) is 13.8 Å². The lowest BCUT2D eigenvalue weighted by atomic mass is 10.0. The summed E-state index contributed by atoms with van der Waals surface area (Å²) >= 11 is 3.27. The van der Waals surface area contributed by atoms with Gasteiger partial charge in [0.15, 0.2) is 0 Å². The number of ether oxygens (including phenoxy) is 1. The van der Waals surface area contributed by atoms with Gasteiger partial charge < -0.3 is 25.4 Å². The van der Waals surface area contributed by atoms with E-state index < -0.39 is 63.6 Å². The lowest BCUT2D eigenvalue weighted by Gasteiger charge is -2.29. The van der Waals surface area contributed by atoms with Gasteiger partial charge in [-0.1, -0.05) is 40.9 Å². The fraction of sp³-hybridized carbons (Fsp3) is 0.562. The molecule has 1 aliphatic heterocycles. The average Bonchev–Trinajstić information content (AvgIpc) is 3.28. The molecule has 1 saturated heterocycles. The minimum absolute atomic E-state index is 0.105. The van der Waals surface area contributed by atoms with Crippen molar-refractivity contribution in [1.29, 1.82) is 0 Å². The van der Waals surface area contributed by atoms with E-state index in [1.165, 1.54) is 23.1 Å². The first kappa shape index (κ1) is 35.6. The summed E-state index contributed by atoms with van der Waals surface area (Å²) in [7, 11) is -4.28. The molecule has 5 atom stereocenters. The van der Waals surface area contributed by atoms with Gasteiger partial charge in [0.2, 0.25) is 11.8 Å². The van der Waals surface area contributed by atoms with Crippen LogP contribution in [0.3, 0.4) is 0 Å². The summed E-state index contributed by atoms with van der Waals surface area (Å²) in [6.45, 7) is 7.09. The molecule has 252 valence electrons. The van der Waals surface area contributed by atoms with Gasteiger partial charge in [0, 0.05) is 23.4 Å². The Kier molecular flexibility index (Phi) is 12.1. The van der Waals surface area contributed by atoms with E-state index in [-0.39, 0.29) is 36.8 Å². The highest BCUT2D eigenvalue weighted by molar-refractivity contribution is 9.10. The molecule has 0 aromatic heterocycles. The predicted molar refractivity (Wildman–Crippen MR) is 172 cm³/mol. The molecule has 2 saturated carbocycles. The largest absolute Gasteiger partial charge is 0.479 e. The van der Waals surface area contributed by atoms with Crippen LogP contribution in [0.4, 0.5) is 4.79 Å². The van der Waals surface area contributed by atoms with Crippen LogP contribution in [0.1, 0.15) is 70.6 Å². The molecule has 0 spiro atoms. The number of hydrogen-bond acceptors (Lipinski definition) is 8. The quantitative estimate of drug-likeness (QED) is 0.127. The first-order valence-electron chi connectivity index (χ1n) is 15.7. The van der Waals surface area contributed by atoms with Gasteiger partial charge in [-0.15, -0.1) is 13.2 Å². The second-order valence-electron chi connectivity index (χ2n) is 12.1. The number of nitrogens with zero attached hydrogens (tertiary/aromatic N) is 1. The lowest BCUT2D eigenvalue weighted by molar-refractivity contribution is -0.145. The van der Waals surface area contributed by atoms with E-state index in [4.69, 9.17) is 8.92 Å². The molecular weight excluding hydrogens is 682 g/mol. The summed E-state index contributed by atoms with van der Waals surface area (Å²) in [6, 6.07) is 3.50. The predicted octanol–water partition coefficient (Wildman–Crippen LogP) is 4.44. The second-order valence-corrected chi connectivity index (χ2v) is 14.6. The highest BCUT2D eigenvalue weighted by Gasteiger charge is 2.61. The number of carboxylic acids is 1. The summed E-state index contributed by atoms with van der Waals surface area (Å²) in [5, 5.41) is 15.1. The van der Waals surface area contributed by atoms with Crippen molar-refractivity contribution in [2.75, 3.05) is 6.54 Å². The van der Waals surface area contributed by atoms with Gasteiger partial charge in [-0.2, -0.15) is 8.42 Å². The zero-order valence-corrected chi connectivity index (χ0v) is 28.1. The first-order chi connectivity index (χ1) is 21.9. The number of carbonyl (C=O) groups is 4. The van der Waals surface area contributed by atoms with Gasteiger partial charge in [0.1, 0.15) is 23.7 Å². The third-order valence-corrected chi connectivity index (χ3v) is 10.7. The van der Waals surface area contributed by atoms with Crippen LogP contribution < -0.4 is 10.6 Å². The molecule has 4 rings (SSSR count). The van der Waals surface area contributed by atoms with E-state index in [2.05, 4.69) is 39.7 Å². The molecule has 0 bridgehead atoms. The number of carbonyl (C=O) groups excluding carboxylic acids is 3. The van der Waals surface area contributed by atoms with Crippen LogP contribution >= 0.6 is 15.9 Å². The highest BCUT2D eigenvalue weighted by Crippen LogP contribution is 2.45. The van der Waals surface area contributed by atoms with Crippen molar-refractivity contribution in [2.24, 2.45) is 5.92 Å². The highest BCUT2D eigenvalue weighted by atomic mass is 79.9. The van der Waals surface area contributed by atoms with Crippen molar-refractivity contribution in [3.63, 3.8) is 0 Å². The van der Waals surface area contributed by atoms with E-state index in [1.54, 1.807) is 18.2 Å². The van der Waals surface area contributed by atoms with Crippen molar-refractivity contribution in [2.45, 2.75) is 105 Å². The Balaban J connectivity index is 1.56. The van der Waals surface area contributed by atoms with Crippen LogP contribution in [0.25, 0.3) is 0 Å². The van der Waals surface area contributed by atoms with Gasteiger partial charge >= 0.3 is 12.1 Å². The second kappa shape index (κ2) is 15.6. The standard InChI is InChI=1S/C32H42BrN3O9S/c1-3-5-6-7-8-13-26(34-31(41)44-23-11-9-10-12-23)29(38)36-20-24(45-46(42,43)25-16-14-22(33)15-17-25)18-27(36)28(37)35-32(30(39)40)19-21(32)4-2/h3-4,14-17,21,23-24,26-27H,1-2,5-13,18-20H2,(H,34,41)(H,35,37)(H,39,40)/t21-,24+,26+,27+,32-/m1/s1.